The molecule has 1 heterocycles. The Kier molecular flexibility index (Phi) is 7.56. The summed E-state index contributed by atoms with van der Waals surface area (Å²) in [7, 11) is 1.63. The smallest absolute Gasteiger partial charge is 0.161 e. The molecule has 134 valence electrons. The van der Waals surface area contributed by atoms with E-state index in [9.17, 15) is 5.11 Å². The number of β-amino-alcohol motifs (C(OH)–C–C–N with tert-alkyl or cyclic N) is 1. The topological polar surface area (TPSA) is 45.2 Å². The zero-order chi connectivity index (χ0) is 17.4. The molecule has 0 bridgehead atoms. The summed E-state index contributed by atoms with van der Waals surface area (Å²) >= 11 is 0. The van der Waals surface area contributed by atoms with Crippen LogP contribution >= 0.6 is 0 Å². The first-order valence-electron chi connectivity index (χ1n) is 8.72. The molecule has 1 aliphatic heterocycles. The third-order valence-corrected chi connectivity index (χ3v) is 4.36. The summed E-state index contributed by atoms with van der Waals surface area (Å²) in [5.41, 5.74) is 1.07. The Morgan fingerprint density at radius 2 is 1.88 bits per heavy atom. The SMILES string of the molecule is C/C=C/c1ccc(OC[C@H](O)CN2CCN(CC)CC2)c(OC)c1. The Balaban J connectivity index is 1.82. The van der Waals surface area contributed by atoms with Gasteiger partial charge in [-0.05, 0) is 31.2 Å². The average molecular weight is 334 g/mol. The molecule has 0 spiro atoms. The molecule has 0 radical (unpaired) electrons. The third kappa shape index (κ3) is 5.51. The largest absolute Gasteiger partial charge is 0.493 e. The van der Waals surface area contributed by atoms with Crippen molar-refractivity contribution >= 4 is 6.08 Å². The lowest BCUT2D eigenvalue weighted by Gasteiger charge is -2.34. The van der Waals surface area contributed by atoms with E-state index in [2.05, 4.69) is 16.7 Å². The number of rotatable bonds is 8. The minimum atomic E-state index is -0.502. The summed E-state index contributed by atoms with van der Waals surface area (Å²) in [6, 6.07) is 5.81. The second-order valence-electron chi connectivity index (χ2n) is 6.11. The summed E-state index contributed by atoms with van der Waals surface area (Å²) in [6.45, 7) is 10.3. The zero-order valence-corrected chi connectivity index (χ0v) is 15.1. The van der Waals surface area contributed by atoms with Gasteiger partial charge in [0.15, 0.2) is 11.5 Å². The van der Waals surface area contributed by atoms with Crippen molar-refractivity contribution in [3.8, 4) is 11.5 Å². The molecular formula is C19H30N2O3. The first-order chi connectivity index (χ1) is 11.7. The maximum absolute atomic E-state index is 10.3. The van der Waals surface area contributed by atoms with Gasteiger partial charge in [-0.2, -0.15) is 0 Å². The maximum Gasteiger partial charge on any atom is 0.161 e. The first kappa shape index (κ1) is 18.8. The van der Waals surface area contributed by atoms with Crippen LogP contribution in [0.3, 0.4) is 0 Å². The average Bonchev–Trinajstić information content (AvgIpc) is 2.61. The van der Waals surface area contributed by atoms with Crippen molar-refractivity contribution in [2.75, 3.05) is 53.0 Å². The van der Waals surface area contributed by atoms with Crippen molar-refractivity contribution < 1.29 is 14.6 Å². The highest BCUT2D eigenvalue weighted by Gasteiger charge is 2.18. The number of methoxy groups -OCH3 is 1. The van der Waals surface area contributed by atoms with Crippen LogP contribution in [0.4, 0.5) is 0 Å². The number of likely N-dealkylation sites (N-methyl/N-ethyl adjacent to an activating group) is 1. The molecule has 1 aliphatic rings. The van der Waals surface area contributed by atoms with Crippen LogP contribution in [0.25, 0.3) is 6.08 Å². The van der Waals surface area contributed by atoms with E-state index in [0.717, 1.165) is 38.3 Å². The Bertz CT molecular complexity index is 525. The van der Waals surface area contributed by atoms with Crippen LogP contribution in [-0.4, -0.2) is 74.0 Å². The fraction of sp³-hybridized carbons (Fsp3) is 0.579. The predicted molar refractivity (Wildman–Crippen MR) is 97.8 cm³/mol. The van der Waals surface area contributed by atoms with E-state index in [0.29, 0.717) is 18.0 Å². The fourth-order valence-corrected chi connectivity index (χ4v) is 2.92. The van der Waals surface area contributed by atoms with E-state index in [1.807, 2.05) is 37.3 Å². The first-order valence-corrected chi connectivity index (χ1v) is 8.72. The molecule has 0 unspecified atom stereocenters. The highest BCUT2D eigenvalue weighted by atomic mass is 16.5. The standard InChI is InChI=1S/C19H30N2O3/c1-4-6-16-7-8-18(19(13-16)23-3)24-15-17(22)14-21-11-9-20(5-2)10-12-21/h4,6-8,13,17,22H,5,9-12,14-15H2,1-3H3/b6-4+/t17-/m1/s1. The van der Waals surface area contributed by atoms with E-state index in [1.165, 1.54) is 0 Å². The molecule has 1 N–H and O–H groups in total. The van der Waals surface area contributed by atoms with Gasteiger partial charge in [0.05, 0.1) is 7.11 Å². The van der Waals surface area contributed by atoms with Gasteiger partial charge < -0.3 is 19.5 Å². The van der Waals surface area contributed by atoms with Crippen LogP contribution in [0.1, 0.15) is 19.4 Å². The summed E-state index contributed by atoms with van der Waals surface area (Å²) in [4.78, 5) is 4.73. The monoisotopic (exact) mass is 334 g/mol. The van der Waals surface area contributed by atoms with Gasteiger partial charge in [-0.1, -0.05) is 25.1 Å². The Morgan fingerprint density at radius 1 is 1.17 bits per heavy atom. The number of benzene rings is 1. The highest BCUT2D eigenvalue weighted by molar-refractivity contribution is 5.55. The summed E-state index contributed by atoms with van der Waals surface area (Å²) in [5.74, 6) is 1.36. The molecular weight excluding hydrogens is 304 g/mol. The van der Waals surface area contributed by atoms with E-state index < -0.39 is 6.10 Å². The van der Waals surface area contributed by atoms with Gasteiger partial charge >= 0.3 is 0 Å². The third-order valence-electron chi connectivity index (χ3n) is 4.36. The van der Waals surface area contributed by atoms with Crippen molar-refractivity contribution in [1.29, 1.82) is 0 Å². The minimum Gasteiger partial charge on any atom is -0.493 e. The molecule has 1 aromatic rings. The van der Waals surface area contributed by atoms with Crippen LogP contribution in [0.15, 0.2) is 24.3 Å². The maximum atomic E-state index is 10.3. The van der Waals surface area contributed by atoms with Crippen LogP contribution < -0.4 is 9.47 Å². The lowest BCUT2D eigenvalue weighted by Crippen LogP contribution is -2.49. The van der Waals surface area contributed by atoms with Crippen molar-refractivity contribution in [1.82, 2.24) is 9.80 Å². The van der Waals surface area contributed by atoms with Gasteiger partial charge in [0.2, 0.25) is 0 Å². The minimum absolute atomic E-state index is 0.271. The molecule has 5 heteroatoms. The molecule has 0 aromatic heterocycles. The molecule has 1 aromatic carbocycles. The zero-order valence-electron chi connectivity index (χ0n) is 15.1. The quantitative estimate of drug-likeness (QED) is 0.789. The molecule has 24 heavy (non-hydrogen) atoms. The lowest BCUT2D eigenvalue weighted by atomic mass is 10.2. The number of aliphatic hydroxyl groups excluding tert-OH is 1. The molecule has 0 aliphatic carbocycles. The number of ether oxygens (including phenoxy) is 2. The Morgan fingerprint density at radius 3 is 2.50 bits per heavy atom. The number of aliphatic hydroxyl groups is 1. The van der Waals surface area contributed by atoms with Crippen molar-refractivity contribution in [3.05, 3.63) is 29.8 Å². The number of hydrogen-bond acceptors (Lipinski definition) is 5. The van der Waals surface area contributed by atoms with E-state index >= 15 is 0 Å². The van der Waals surface area contributed by atoms with Gasteiger partial charge in [0, 0.05) is 32.7 Å². The molecule has 2 rings (SSSR count). The van der Waals surface area contributed by atoms with Crippen molar-refractivity contribution in [2.45, 2.75) is 20.0 Å². The van der Waals surface area contributed by atoms with E-state index in [1.54, 1.807) is 7.11 Å². The molecule has 5 nitrogen and oxygen atoms in total. The second kappa shape index (κ2) is 9.67. The van der Waals surface area contributed by atoms with Crippen molar-refractivity contribution in [2.24, 2.45) is 0 Å². The van der Waals surface area contributed by atoms with Crippen LogP contribution in [0.2, 0.25) is 0 Å². The molecule has 1 fully saturated rings. The lowest BCUT2D eigenvalue weighted by molar-refractivity contribution is 0.0464. The molecule has 1 saturated heterocycles. The molecule has 0 saturated carbocycles. The Hall–Kier alpha value is -1.56. The highest BCUT2D eigenvalue weighted by Crippen LogP contribution is 2.28. The predicted octanol–water partition coefficient (Wildman–Crippen LogP) is 2.11. The molecule has 1 atom stereocenters. The fourth-order valence-electron chi connectivity index (χ4n) is 2.92. The summed E-state index contributed by atoms with van der Waals surface area (Å²) < 4.78 is 11.2. The van der Waals surface area contributed by atoms with E-state index in [4.69, 9.17) is 9.47 Å². The van der Waals surface area contributed by atoms with Crippen LogP contribution in [0.5, 0.6) is 11.5 Å². The van der Waals surface area contributed by atoms with E-state index in [-0.39, 0.29) is 6.61 Å². The van der Waals surface area contributed by atoms with Crippen molar-refractivity contribution in [3.63, 3.8) is 0 Å². The summed E-state index contributed by atoms with van der Waals surface area (Å²) in [5, 5.41) is 10.3. The van der Waals surface area contributed by atoms with Gasteiger partial charge in [-0.3, -0.25) is 4.90 Å². The van der Waals surface area contributed by atoms with Crippen LogP contribution in [-0.2, 0) is 0 Å². The number of allylic oxidation sites excluding steroid dienone is 1. The van der Waals surface area contributed by atoms with Gasteiger partial charge in [0.1, 0.15) is 12.7 Å². The van der Waals surface area contributed by atoms with Crippen LogP contribution in [0, 0.1) is 0 Å². The number of nitrogens with zero attached hydrogens (tertiary/aromatic N) is 2. The normalized spacial score (nSPS) is 18.0. The number of hydrogen-bond donors (Lipinski definition) is 1. The second-order valence-corrected chi connectivity index (χ2v) is 6.11. The van der Waals surface area contributed by atoms with Gasteiger partial charge in [-0.25, -0.2) is 0 Å². The molecule has 0 amide bonds. The van der Waals surface area contributed by atoms with Gasteiger partial charge in [-0.15, -0.1) is 0 Å². The Labute approximate surface area is 145 Å². The summed E-state index contributed by atoms with van der Waals surface area (Å²) in [6.07, 6.45) is 3.49. The number of piperazine rings is 1. The van der Waals surface area contributed by atoms with Gasteiger partial charge in [0.25, 0.3) is 0 Å².